The van der Waals surface area contributed by atoms with Crippen LogP contribution in [0.4, 0.5) is 0 Å². The minimum absolute atomic E-state index is 0.0933. The molecule has 0 aromatic heterocycles. The molecule has 2 unspecified atom stereocenters. The van der Waals surface area contributed by atoms with E-state index in [1.54, 1.807) is 0 Å². The summed E-state index contributed by atoms with van der Waals surface area (Å²) in [4.78, 5) is 12.6. The van der Waals surface area contributed by atoms with E-state index in [0.717, 1.165) is 19.3 Å². The molecule has 102 valence electrons. The summed E-state index contributed by atoms with van der Waals surface area (Å²) >= 11 is 5.14. The number of rotatable bonds is 4. The molecule has 0 aromatic carbocycles. The van der Waals surface area contributed by atoms with Crippen LogP contribution >= 0.6 is 12.2 Å². The predicted molar refractivity (Wildman–Crippen MR) is 77.2 cm³/mol. The average molecular weight is 268 g/mol. The van der Waals surface area contributed by atoms with Gasteiger partial charge in [-0.05, 0) is 30.6 Å². The van der Waals surface area contributed by atoms with Gasteiger partial charge in [0, 0.05) is 5.92 Å². The van der Waals surface area contributed by atoms with Crippen molar-refractivity contribution in [3.63, 3.8) is 0 Å². The summed E-state index contributed by atoms with van der Waals surface area (Å²) in [5, 5.41) is 3.10. The molecule has 0 bridgehead atoms. The van der Waals surface area contributed by atoms with Gasteiger partial charge in [-0.3, -0.25) is 4.79 Å². The third kappa shape index (κ3) is 3.02. The van der Waals surface area contributed by atoms with Gasteiger partial charge >= 0.3 is 0 Å². The van der Waals surface area contributed by atoms with Crippen LogP contribution in [-0.2, 0) is 4.79 Å². The number of thiocarbonyl (C=S) groups is 1. The SMILES string of the molecule is CC1(C)CC1C(=O)NC(C(N)=S)C1CCCCC1. The third-order valence-electron chi connectivity index (χ3n) is 4.56. The van der Waals surface area contributed by atoms with Crippen LogP contribution in [0.1, 0.15) is 52.4 Å². The van der Waals surface area contributed by atoms with Gasteiger partial charge in [-0.25, -0.2) is 0 Å². The summed E-state index contributed by atoms with van der Waals surface area (Å²) in [6, 6.07) is -0.0933. The van der Waals surface area contributed by atoms with E-state index >= 15 is 0 Å². The van der Waals surface area contributed by atoms with Crippen LogP contribution in [0.25, 0.3) is 0 Å². The molecule has 2 fully saturated rings. The van der Waals surface area contributed by atoms with Crippen molar-refractivity contribution in [2.24, 2.45) is 23.0 Å². The highest BCUT2D eigenvalue weighted by Gasteiger charge is 2.51. The predicted octanol–water partition coefficient (Wildman–Crippen LogP) is 2.38. The monoisotopic (exact) mass is 268 g/mol. The number of carbonyl (C=O) groups is 1. The summed E-state index contributed by atoms with van der Waals surface area (Å²) in [7, 11) is 0. The van der Waals surface area contributed by atoms with Gasteiger partial charge in [-0.15, -0.1) is 0 Å². The summed E-state index contributed by atoms with van der Waals surface area (Å²) < 4.78 is 0. The average Bonchev–Trinajstić information content (AvgIpc) is 2.96. The maximum absolute atomic E-state index is 12.2. The van der Waals surface area contributed by atoms with E-state index in [-0.39, 0.29) is 23.3 Å². The molecule has 0 saturated heterocycles. The highest BCUT2D eigenvalue weighted by atomic mass is 32.1. The Balaban J connectivity index is 1.94. The molecule has 0 spiro atoms. The van der Waals surface area contributed by atoms with Gasteiger partial charge in [0.1, 0.15) is 0 Å². The van der Waals surface area contributed by atoms with Crippen molar-refractivity contribution in [1.82, 2.24) is 5.32 Å². The maximum atomic E-state index is 12.2. The molecule has 0 radical (unpaired) electrons. The number of carbonyl (C=O) groups excluding carboxylic acids is 1. The molecule has 2 aliphatic rings. The standard InChI is InChI=1S/C14H24N2OS/c1-14(2)8-10(14)13(17)16-11(12(15)18)9-6-4-3-5-7-9/h9-11H,3-8H2,1-2H3,(H2,15,18)(H,16,17). The molecule has 3 N–H and O–H groups in total. The normalized spacial score (nSPS) is 28.4. The van der Waals surface area contributed by atoms with Crippen LogP contribution in [0, 0.1) is 17.3 Å². The summed E-state index contributed by atoms with van der Waals surface area (Å²) in [5.41, 5.74) is 5.98. The van der Waals surface area contributed by atoms with Crippen LogP contribution in [0.3, 0.4) is 0 Å². The fraction of sp³-hybridized carbons (Fsp3) is 0.857. The third-order valence-corrected chi connectivity index (χ3v) is 4.81. The molecule has 2 atom stereocenters. The number of hydrogen-bond acceptors (Lipinski definition) is 2. The second-order valence-electron chi connectivity index (χ2n) is 6.53. The minimum Gasteiger partial charge on any atom is -0.392 e. The topological polar surface area (TPSA) is 55.1 Å². The fourth-order valence-electron chi connectivity index (χ4n) is 3.06. The number of amides is 1. The largest absolute Gasteiger partial charge is 0.392 e. The van der Waals surface area contributed by atoms with Crippen molar-refractivity contribution in [2.45, 2.75) is 58.4 Å². The Morgan fingerprint density at radius 3 is 2.33 bits per heavy atom. The van der Waals surface area contributed by atoms with Crippen molar-refractivity contribution in [3.05, 3.63) is 0 Å². The second-order valence-corrected chi connectivity index (χ2v) is 7.00. The van der Waals surface area contributed by atoms with E-state index in [9.17, 15) is 4.79 Å². The number of nitrogens with one attached hydrogen (secondary N) is 1. The van der Waals surface area contributed by atoms with Crippen molar-refractivity contribution >= 4 is 23.1 Å². The van der Waals surface area contributed by atoms with E-state index in [4.69, 9.17) is 18.0 Å². The zero-order chi connectivity index (χ0) is 13.3. The Morgan fingerprint density at radius 2 is 1.89 bits per heavy atom. The molecule has 4 heteroatoms. The lowest BCUT2D eigenvalue weighted by atomic mass is 9.83. The molecule has 2 saturated carbocycles. The minimum atomic E-state index is -0.0933. The van der Waals surface area contributed by atoms with Crippen molar-refractivity contribution in [2.75, 3.05) is 0 Å². The fourth-order valence-corrected chi connectivity index (χ4v) is 3.31. The van der Waals surface area contributed by atoms with Gasteiger partial charge in [0.25, 0.3) is 0 Å². The first-order valence-corrected chi connectivity index (χ1v) is 7.42. The molecule has 18 heavy (non-hydrogen) atoms. The van der Waals surface area contributed by atoms with Gasteiger partial charge in [0.05, 0.1) is 11.0 Å². The quantitative estimate of drug-likeness (QED) is 0.770. The van der Waals surface area contributed by atoms with Gasteiger partial charge in [-0.2, -0.15) is 0 Å². The molecular weight excluding hydrogens is 244 g/mol. The van der Waals surface area contributed by atoms with Crippen LogP contribution in [0.15, 0.2) is 0 Å². The Bertz CT molecular complexity index is 348. The lowest BCUT2D eigenvalue weighted by Crippen LogP contribution is -2.49. The lowest BCUT2D eigenvalue weighted by molar-refractivity contribution is -0.123. The molecular formula is C14H24N2OS. The molecule has 0 aliphatic heterocycles. The number of nitrogens with two attached hydrogens (primary N) is 1. The first kappa shape index (κ1) is 13.8. The zero-order valence-electron chi connectivity index (χ0n) is 11.4. The Kier molecular flexibility index (Phi) is 3.95. The van der Waals surface area contributed by atoms with Gasteiger partial charge < -0.3 is 11.1 Å². The zero-order valence-corrected chi connectivity index (χ0v) is 12.2. The van der Waals surface area contributed by atoms with Gasteiger partial charge in [0.15, 0.2) is 0 Å². The molecule has 2 rings (SSSR count). The first-order chi connectivity index (χ1) is 8.42. The smallest absolute Gasteiger partial charge is 0.224 e. The van der Waals surface area contributed by atoms with Crippen molar-refractivity contribution in [1.29, 1.82) is 0 Å². The van der Waals surface area contributed by atoms with Gasteiger partial charge in [0.2, 0.25) is 5.91 Å². The summed E-state index contributed by atoms with van der Waals surface area (Å²) in [6.45, 7) is 4.27. The van der Waals surface area contributed by atoms with Crippen LogP contribution in [0.5, 0.6) is 0 Å². The molecule has 0 aromatic rings. The highest BCUT2D eigenvalue weighted by molar-refractivity contribution is 7.80. The number of hydrogen-bond donors (Lipinski definition) is 2. The van der Waals surface area contributed by atoms with E-state index < -0.39 is 0 Å². The molecule has 1 amide bonds. The van der Waals surface area contributed by atoms with E-state index in [1.165, 1.54) is 19.3 Å². The molecule has 2 aliphatic carbocycles. The van der Waals surface area contributed by atoms with Crippen LogP contribution in [0.2, 0.25) is 0 Å². The molecule has 3 nitrogen and oxygen atoms in total. The second kappa shape index (κ2) is 5.16. The summed E-state index contributed by atoms with van der Waals surface area (Å²) in [6.07, 6.45) is 7.01. The lowest BCUT2D eigenvalue weighted by Gasteiger charge is -2.30. The van der Waals surface area contributed by atoms with E-state index in [2.05, 4.69) is 19.2 Å². The van der Waals surface area contributed by atoms with Crippen molar-refractivity contribution in [3.8, 4) is 0 Å². The Morgan fingerprint density at radius 1 is 1.33 bits per heavy atom. The van der Waals surface area contributed by atoms with E-state index in [1.807, 2.05) is 0 Å². The highest BCUT2D eigenvalue weighted by Crippen LogP contribution is 2.51. The first-order valence-electron chi connectivity index (χ1n) is 7.01. The van der Waals surface area contributed by atoms with Gasteiger partial charge in [-0.1, -0.05) is 45.3 Å². The Labute approximate surface area is 115 Å². The summed E-state index contributed by atoms with van der Waals surface area (Å²) in [5.74, 6) is 0.739. The maximum Gasteiger partial charge on any atom is 0.224 e. The van der Waals surface area contributed by atoms with Crippen molar-refractivity contribution < 1.29 is 4.79 Å². The van der Waals surface area contributed by atoms with Crippen LogP contribution in [-0.4, -0.2) is 16.9 Å². The Hall–Kier alpha value is -0.640. The molecule has 0 heterocycles. The van der Waals surface area contributed by atoms with E-state index in [0.29, 0.717) is 10.9 Å². The van der Waals surface area contributed by atoms with Crippen LogP contribution < -0.4 is 11.1 Å².